The predicted octanol–water partition coefficient (Wildman–Crippen LogP) is 5.36. The number of ether oxygens (including phenoxy) is 3. The van der Waals surface area contributed by atoms with E-state index in [0.717, 1.165) is 0 Å². The topological polar surface area (TPSA) is 61.8 Å². The van der Waals surface area contributed by atoms with Gasteiger partial charge in [0.15, 0.2) is 0 Å². The first-order valence-corrected chi connectivity index (χ1v) is 8.26. The Labute approximate surface area is 172 Å². The highest BCUT2D eigenvalue weighted by Crippen LogP contribution is 2.65. The molecule has 0 aromatic heterocycles. The second-order valence-corrected chi connectivity index (χ2v) is 7.06. The van der Waals surface area contributed by atoms with Crippen molar-refractivity contribution >= 4 is 10.2 Å². The van der Waals surface area contributed by atoms with Gasteiger partial charge in [-0.1, -0.05) is 3.89 Å². The molecule has 0 spiro atoms. The van der Waals surface area contributed by atoms with Gasteiger partial charge < -0.3 is 0 Å². The largest absolute Gasteiger partial charge is 0.464 e. The molecule has 202 valence electrons. The molecule has 0 saturated carbocycles. The standard InChI is InChI=1S/C10F18O5S/c11-1(2(12)13)3(14,15)5(6(17,18)19)31-4(16,7(20,21)32-5)8(22,23)33-9(24,25)10(26,27)34(28,29)30. The van der Waals surface area contributed by atoms with E-state index in [1.54, 1.807) is 0 Å². The van der Waals surface area contributed by atoms with Crippen LogP contribution in [0.4, 0.5) is 78.5 Å². The van der Waals surface area contributed by atoms with Gasteiger partial charge in [0, 0.05) is 0 Å². The van der Waals surface area contributed by atoms with Crippen LogP contribution >= 0.6 is 0 Å². The fraction of sp³-hybridized carbons (Fsp3) is 0.800. The summed E-state index contributed by atoms with van der Waals surface area (Å²) in [5.74, 6) is -27.0. The first kappa shape index (κ1) is 30.3. The summed E-state index contributed by atoms with van der Waals surface area (Å²) in [5.41, 5.74) is 0. The van der Waals surface area contributed by atoms with Gasteiger partial charge in [0.2, 0.25) is 5.83 Å². The maximum absolute atomic E-state index is 14.2. The van der Waals surface area contributed by atoms with E-state index < -0.39 is 69.5 Å². The third kappa shape index (κ3) is 4.04. The van der Waals surface area contributed by atoms with Gasteiger partial charge in [-0.25, -0.2) is 4.74 Å². The molecule has 0 radical (unpaired) electrons. The third-order valence-corrected chi connectivity index (χ3v) is 4.28. The molecule has 0 aromatic carbocycles. The Morgan fingerprint density at radius 3 is 1.50 bits per heavy atom. The average molecular weight is 574 g/mol. The van der Waals surface area contributed by atoms with Crippen LogP contribution in [0.5, 0.6) is 0 Å². The second-order valence-electron chi connectivity index (χ2n) is 5.67. The lowest BCUT2D eigenvalue weighted by molar-refractivity contribution is -0.498. The lowest BCUT2D eigenvalue weighted by Crippen LogP contribution is -2.64. The van der Waals surface area contributed by atoms with Crippen LogP contribution in [0.1, 0.15) is 0 Å². The Morgan fingerprint density at radius 1 is 0.765 bits per heavy atom. The van der Waals surface area contributed by atoms with Crippen LogP contribution in [0, 0.1) is 0 Å². The van der Waals surface area contributed by atoms with Gasteiger partial charge in [-0.15, -0.1) is 0 Å². The second kappa shape index (κ2) is 7.65. The average Bonchev–Trinajstić information content (AvgIpc) is 2.81. The summed E-state index contributed by atoms with van der Waals surface area (Å²) < 4.78 is 261. The minimum atomic E-state index is -8.06. The molecule has 34 heavy (non-hydrogen) atoms. The van der Waals surface area contributed by atoms with Crippen molar-refractivity contribution in [2.45, 2.75) is 47.3 Å². The van der Waals surface area contributed by atoms with E-state index in [1.165, 1.54) is 4.74 Å². The third-order valence-electron chi connectivity index (χ3n) is 3.43. The summed E-state index contributed by atoms with van der Waals surface area (Å²) in [6, 6.07) is 0. The molecular formula is C10F18O5S. The monoisotopic (exact) mass is 574 g/mol. The van der Waals surface area contributed by atoms with E-state index in [2.05, 4.69) is 0 Å². The van der Waals surface area contributed by atoms with Crippen molar-refractivity contribution in [3.63, 3.8) is 0 Å². The van der Waals surface area contributed by atoms with Crippen LogP contribution in [0.3, 0.4) is 0 Å². The van der Waals surface area contributed by atoms with Crippen molar-refractivity contribution in [2.24, 2.45) is 0 Å². The molecule has 1 aliphatic heterocycles. The number of alkyl halides is 14. The molecule has 0 aromatic rings. The van der Waals surface area contributed by atoms with E-state index in [4.69, 9.17) is 0 Å². The summed E-state index contributed by atoms with van der Waals surface area (Å²) in [4.78, 5) is 0. The molecule has 1 fully saturated rings. The van der Waals surface area contributed by atoms with Gasteiger partial charge in [-0.05, 0) is 0 Å². The minimum Gasteiger partial charge on any atom is -0.285 e. The molecule has 1 aliphatic rings. The van der Waals surface area contributed by atoms with Crippen molar-refractivity contribution < 1.29 is 101 Å². The Bertz CT molecular complexity index is 951. The number of hydrogen-bond acceptors (Lipinski definition) is 5. The van der Waals surface area contributed by atoms with Crippen molar-refractivity contribution in [1.29, 1.82) is 0 Å². The van der Waals surface area contributed by atoms with E-state index in [9.17, 15) is 86.9 Å². The molecule has 0 bridgehead atoms. The molecule has 1 saturated heterocycles. The molecular weight excluding hydrogens is 574 g/mol. The van der Waals surface area contributed by atoms with Crippen LogP contribution in [0.15, 0.2) is 11.9 Å². The van der Waals surface area contributed by atoms with Crippen molar-refractivity contribution in [2.75, 3.05) is 0 Å². The van der Waals surface area contributed by atoms with Gasteiger partial charge >= 0.3 is 63.6 Å². The SMILES string of the molecule is O=S(=O)(F)C(F)(F)C(F)(F)OC(F)(F)C1(F)OC(C(F)(F)F)(C(F)(F)C(F)=C(F)F)OC1(F)F. The van der Waals surface area contributed by atoms with Crippen LogP contribution in [-0.4, -0.2) is 55.7 Å². The van der Waals surface area contributed by atoms with Gasteiger partial charge in [0.05, 0.1) is 0 Å². The number of rotatable bonds is 7. The van der Waals surface area contributed by atoms with Crippen molar-refractivity contribution in [1.82, 2.24) is 0 Å². The van der Waals surface area contributed by atoms with Gasteiger partial charge in [0.25, 0.3) is 0 Å². The first-order valence-electron chi connectivity index (χ1n) is 6.88. The van der Waals surface area contributed by atoms with Crippen LogP contribution in [-0.2, 0) is 24.4 Å². The normalized spacial score (nSPS) is 27.1. The summed E-state index contributed by atoms with van der Waals surface area (Å²) in [7, 11) is -8.06. The summed E-state index contributed by atoms with van der Waals surface area (Å²) in [6.07, 6.45) is -35.1. The highest BCUT2D eigenvalue weighted by molar-refractivity contribution is 7.87. The zero-order chi connectivity index (χ0) is 27.8. The molecule has 24 heteroatoms. The van der Waals surface area contributed by atoms with Crippen molar-refractivity contribution in [3.8, 4) is 0 Å². The fourth-order valence-electron chi connectivity index (χ4n) is 1.87. The zero-order valence-corrected chi connectivity index (χ0v) is 15.1. The summed E-state index contributed by atoms with van der Waals surface area (Å²) >= 11 is 0. The van der Waals surface area contributed by atoms with Gasteiger partial charge in [-0.3, -0.25) is 9.47 Å². The van der Waals surface area contributed by atoms with Crippen LogP contribution < -0.4 is 0 Å². The molecule has 0 aliphatic carbocycles. The van der Waals surface area contributed by atoms with Crippen LogP contribution in [0.25, 0.3) is 0 Å². The molecule has 0 amide bonds. The van der Waals surface area contributed by atoms with Gasteiger partial charge in [0.1, 0.15) is 0 Å². The Morgan fingerprint density at radius 2 is 1.18 bits per heavy atom. The van der Waals surface area contributed by atoms with Crippen LogP contribution in [0.2, 0.25) is 0 Å². The number of halogens is 18. The number of hydrogen-bond donors (Lipinski definition) is 0. The molecule has 2 atom stereocenters. The van der Waals surface area contributed by atoms with Crippen molar-refractivity contribution in [3.05, 3.63) is 11.9 Å². The predicted molar refractivity (Wildman–Crippen MR) is 61.0 cm³/mol. The molecule has 0 N–H and O–H groups in total. The Kier molecular flexibility index (Phi) is 6.83. The van der Waals surface area contributed by atoms with E-state index in [1.807, 2.05) is 9.47 Å². The summed E-state index contributed by atoms with van der Waals surface area (Å²) in [6.45, 7) is 0. The molecule has 1 rings (SSSR count). The van der Waals surface area contributed by atoms with Gasteiger partial charge in [-0.2, -0.15) is 83.1 Å². The highest BCUT2D eigenvalue weighted by Gasteiger charge is 2.93. The van der Waals surface area contributed by atoms with E-state index >= 15 is 0 Å². The van der Waals surface area contributed by atoms with E-state index in [-0.39, 0.29) is 0 Å². The maximum Gasteiger partial charge on any atom is 0.464 e. The Balaban J connectivity index is 3.81. The Hall–Kier alpha value is -1.69. The minimum absolute atomic E-state index is 1.40. The summed E-state index contributed by atoms with van der Waals surface area (Å²) in [5, 5.41) is -7.54. The first-order chi connectivity index (χ1) is 14.5. The molecule has 1 heterocycles. The maximum atomic E-state index is 14.2. The quantitative estimate of drug-likeness (QED) is 0.303. The van der Waals surface area contributed by atoms with E-state index in [0.29, 0.717) is 0 Å². The smallest absolute Gasteiger partial charge is 0.285 e. The lowest BCUT2D eigenvalue weighted by atomic mass is 10.1. The lowest BCUT2D eigenvalue weighted by Gasteiger charge is -2.36. The molecule has 5 nitrogen and oxygen atoms in total. The highest BCUT2D eigenvalue weighted by atomic mass is 32.3. The zero-order valence-electron chi connectivity index (χ0n) is 14.3. The molecule has 2 unspecified atom stereocenters. The fourth-order valence-corrected chi connectivity index (χ4v) is 2.19.